The molecular formula is C21H18Cl2N2O3S. The number of para-hydroxylation sites is 1. The van der Waals surface area contributed by atoms with Gasteiger partial charge in [-0.3, -0.25) is 4.79 Å². The number of carbonyl (C=O) groups is 1. The Kier molecular flexibility index (Phi) is 6.35. The van der Waals surface area contributed by atoms with Gasteiger partial charge in [-0.05, 0) is 24.3 Å². The molecule has 8 heteroatoms. The van der Waals surface area contributed by atoms with Crippen LogP contribution in [0.2, 0.25) is 10.0 Å². The number of ether oxygens (including phenoxy) is 2. The minimum atomic E-state index is -0.0675. The molecular weight excluding hydrogens is 431 g/mol. The summed E-state index contributed by atoms with van der Waals surface area (Å²) in [5.74, 6) is 0.611. The highest BCUT2D eigenvalue weighted by molar-refractivity contribution is 7.13. The number of morpholine rings is 1. The van der Waals surface area contributed by atoms with Crippen LogP contribution in [0.3, 0.4) is 0 Å². The van der Waals surface area contributed by atoms with Gasteiger partial charge >= 0.3 is 0 Å². The van der Waals surface area contributed by atoms with Crippen molar-refractivity contribution in [2.45, 2.75) is 6.61 Å². The molecule has 29 heavy (non-hydrogen) atoms. The van der Waals surface area contributed by atoms with Gasteiger partial charge in [0.1, 0.15) is 23.1 Å². The van der Waals surface area contributed by atoms with Crippen LogP contribution >= 0.6 is 34.5 Å². The molecule has 3 aromatic rings. The maximum absolute atomic E-state index is 12.7. The molecule has 1 saturated heterocycles. The van der Waals surface area contributed by atoms with Gasteiger partial charge in [-0.15, -0.1) is 11.3 Å². The fourth-order valence-corrected chi connectivity index (χ4v) is 4.27. The first-order chi connectivity index (χ1) is 14.1. The van der Waals surface area contributed by atoms with Gasteiger partial charge in [0.25, 0.3) is 5.91 Å². The largest absolute Gasteiger partial charge is 0.488 e. The fraction of sp³-hybridized carbons (Fsp3) is 0.238. The summed E-state index contributed by atoms with van der Waals surface area (Å²) in [5.41, 5.74) is 2.12. The second kappa shape index (κ2) is 9.13. The lowest BCUT2D eigenvalue weighted by atomic mass is 10.2. The van der Waals surface area contributed by atoms with Gasteiger partial charge in [-0.25, -0.2) is 4.98 Å². The van der Waals surface area contributed by atoms with Gasteiger partial charge in [-0.1, -0.05) is 41.4 Å². The zero-order chi connectivity index (χ0) is 20.2. The van der Waals surface area contributed by atoms with Gasteiger partial charge in [0.15, 0.2) is 0 Å². The minimum Gasteiger partial charge on any atom is -0.488 e. The molecule has 5 nitrogen and oxygen atoms in total. The molecule has 0 unspecified atom stereocenters. The number of hydrogen-bond acceptors (Lipinski definition) is 5. The normalized spacial score (nSPS) is 14.1. The number of rotatable bonds is 5. The zero-order valence-corrected chi connectivity index (χ0v) is 17.8. The molecule has 4 rings (SSSR count). The molecule has 0 aliphatic carbocycles. The number of carbonyl (C=O) groups excluding carboxylic acids is 1. The Balaban J connectivity index is 1.52. The molecule has 0 atom stereocenters. The number of thiazole rings is 1. The van der Waals surface area contributed by atoms with E-state index in [9.17, 15) is 4.79 Å². The van der Waals surface area contributed by atoms with Crippen molar-refractivity contribution < 1.29 is 14.3 Å². The smallest absolute Gasteiger partial charge is 0.273 e. The summed E-state index contributed by atoms with van der Waals surface area (Å²) in [6.07, 6.45) is 0. The Morgan fingerprint density at radius 3 is 2.76 bits per heavy atom. The SMILES string of the molecule is O=C(c1csc(-c2ccccc2OCc2ccc(Cl)cc2Cl)n1)N1CCOCC1. The molecule has 1 aliphatic rings. The van der Waals surface area contributed by atoms with E-state index in [0.29, 0.717) is 54.4 Å². The van der Waals surface area contributed by atoms with E-state index in [1.165, 1.54) is 11.3 Å². The molecule has 0 N–H and O–H groups in total. The van der Waals surface area contributed by atoms with Gasteiger partial charge in [0, 0.05) is 34.1 Å². The highest BCUT2D eigenvalue weighted by Gasteiger charge is 2.22. The Morgan fingerprint density at radius 1 is 1.17 bits per heavy atom. The predicted octanol–water partition coefficient (Wildman–Crippen LogP) is 5.17. The second-order valence-electron chi connectivity index (χ2n) is 6.46. The van der Waals surface area contributed by atoms with Crippen molar-refractivity contribution in [2.75, 3.05) is 26.3 Å². The first kappa shape index (κ1) is 20.2. The lowest BCUT2D eigenvalue weighted by Crippen LogP contribution is -2.40. The fourth-order valence-electron chi connectivity index (χ4n) is 2.99. The summed E-state index contributed by atoms with van der Waals surface area (Å²) in [4.78, 5) is 19.0. The number of aromatic nitrogens is 1. The first-order valence-electron chi connectivity index (χ1n) is 9.10. The first-order valence-corrected chi connectivity index (χ1v) is 10.7. The van der Waals surface area contributed by atoms with Crippen LogP contribution in [-0.2, 0) is 11.3 Å². The van der Waals surface area contributed by atoms with Crippen LogP contribution in [0, 0.1) is 0 Å². The molecule has 1 amide bonds. The molecule has 0 radical (unpaired) electrons. The summed E-state index contributed by atoms with van der Waals surface area (Å²) in [6, 6.07) is 12.9. The zero-order valence-electron chi connectivity index (χ0n) is 15.4. The lowest BCUT2D eigenvalue weighted by molar-refractivity contribution is 0.0299. The number of benzene rings is 2. The third-order valence-electron chi connectivity index (χ3n) is 4.54. The van der Waals surface area contributed by atoms with Crippen LogP contribution in [0.5, 0.6) is 5.75 Å². The summed E-state index contributed by atoms with van der Waals surface area (Å²) in [6.45, 7) is 2.61. The Bertz CT molecular complexity index is 1020. The topological polar surface area (TPSA) is 51.7 Å². The highest BCUT2D eigenvalue weighted by atomic mass is 35.5. The van der Waals surface area contributed by atoms with E-state index in [1.807, 2.05) is 30.3 Å². The summed E-state index contributed by atoms with van der Waals surface area (Å²) in [5, 5.41) is 3.67. The van der Waals surface area contributed by atoms with E-state index in [2.05, 4.69) is 4.98 Å². The molecule has 2 aromatic carbocycles. The van der Waals surface area contributed by atoms with E-state index < -0.39 is 0 Å². The predicted molar refractivity (Wildman–Crippen MR) is 115 cm³/mol. The highest BCUT2D eigenvalue weighted by Crippen LogP contribution is 2.33. The molecule has 0 bridgehead atoms. The average Bonchev–Trinajstić information content (AvgIpc) is 3.23. The molecule has 1 aromatic heterocycles. The number of nitrogens with zero attached hydrogens (tertiary/aromatic N) is 2. The lowest BCUT2D eigenvalue weighted by Gasteiger charge is -2.25. The van der Waals surface area contributed by atoms with Gasteiger partial charge in [0.05, 0.1) is 18.8 Å². The van der Waals surface area contributed by atoms with Crippen LogP contribution in [0.15, 0.2) is 47.8 Å². The van der Waals surface area contributed by atoms with E-state index in [1.54, 1.807) is 22.4 Å². The Morgan fingerprint density at radius 2 is 1.97 bits per heavy atom. The summed E-state index contributed by atoms with van der Waals surface area (Å²) >= 11 is 13.6. The van der Waals surface area contributed by atoms with Crippen LogP contribution in [0.4, 0.5) is 0 Å². The van der Waals surface area contributed by atoms with E-state index in [4.69, 9.17) is 32.7 Å². The van der Waals surface area contributed by atoms with Crippen molar-refractivity contribution in [3.8, 4) is 16.3 Å². The Hall–Kier alpha value is -2.12. The third-order valence-corrected chi connectivity index (χ3v) is 6.00. The van der Waals surface area contributed by atoms with E-state index >= 15 is 0 Å². The van der Waals surface area contributed by atoms with Gasteiger partial charge in [0.2, 0.25) is 0 Å². The number of amides is 1. The minimum absolute atomic E-state index is 0.0675. The summed E-state index contributed by atoms with van der Waals surface area (Å²) in [7, 11) is 0. The van der Waals surface area contributed by atoms with Crippen molar-refractivity contribution in [3.63, 3.8) is 0 Å². The second-order valence-corrected chi connectivity index (χ2v) is 8.16. The van der Waals surface area contributed by atoms with E-state index in [0.717, 1.165) is 16.1 Å². The van der Waals surface area contributed by atoms with Crippen molar-refractivity contribution in [2.24, 2.45) is 0 Å². The molecule has 1 fully saturated rings. The molecule has 0 spiro atoms. The van der Waals surface area contributed by atoms with Crippen molar-refractivity contribution in [3.05, 3.63) is 69.1 Å². The summed E-state index contributed by atoms with van der Waals surface area (Å²) < 4.78 is 11.3. The number of halogens is 2. The van der Waals surface area contributed by atoms with Crippen molar-refractivity contribution >= 4 is 40.4 Å². The van der Waals surface area contributed by atoms with Crippen LogP contribution in [0.25, 0.3) is 10.6 Å². The molecule has 0 saturated carbocycles. The number of hydrogen-bond donors (Lipinski definition) is 0. The van der Waals surface area contributed by atoms with Crippen LogP contribution in [0.1, 0.15) is 16.1 Å². The van der Waals surface area contributed by atoms with E-state index in [-0.39, 0.29) is 5.91 Å². The van der Waals surface area contributed by atoms with Gasteiger partial charge in [-0.2, -0.15) is 0 Å². The van der Waals surface area contributed by atoms with Crippen molar-refractivity contribution in [1.82, 2.24) is 9.88 Å². The quantitative estimate of drug-likeness (QED) is 0.540. The van der Waals surface area contributed by atoms with Gasteiger partial charge < -0.3 is 14.4 Å². The molecule has 150 valence electrons. The maximum Gasteiger partial charge on any atom is 0.273 e. The monoisotopic (exact) mass is 448 g/mol. The Labute approximate surface area is 182 Å². The molecule has 1 aliphatic heterocycles. The maximum atomic E-state index is 12.7. The third kappa shape index (κ3) is 4.73. The average molecular weight is 449 g/mol. The van der Waals surface area contributed by atoms with Crippen LogP contribution in [-0.4, -0.2) is 42.1 Å². The van der Waals surface area contributed by atoms with Crippen molar-refractivity contribution in [1.29, 1.82) is 0 Å². The standard InChI is InChI=1S/C21H18Cl2N2O3S/c22-15-6-5-14(17(23)11-15)12-28-19-4-2-1-3-16(19)20-24-18(13-29-20)21(26)25-7-9-27-10-8-25/h1-6,11,13H,7-10,12H2. The molecule has 2 heterocycles. The van der Waals surface area contributed by atoms with Crippen LogP contribution < -0.4 is 4.74 Å².